The van der Waals surface area contributed by atoms with E-state index in [0.717, 1.165) is 16.9 Å². The Morgan fingerprint density at radius 3 is 2.88 bits per heavy atom. The van der Waals surface area contributed by atoms with E-state index < -0.39 is 12.4 Å². The molecule has 25 heavy (non-hydrogen) atoms. The molecule has 0 aliphatic carbocycles. The second-order valence-corrected chi connectivity index (χ2v) is 6.66. The number of rotatable bonds is 2. The fourth-order valence-electron chi connectivity index (χ4n) is 3.39. The van der Waals surface area contributed by atoms with Crippen molar-refractivity contribution >= 4 is 35.0 Å². The van der Waals surface area contributed by atoms with Crippen LogP contribution in [0.3, 0.4) is 0 Å². The number of hydrogen-bond acceptors (Lipinski definition) is 5. The fourth-order valence-corrected chi connectivity index (χ4v) is 3.99. The van der Waals surface area contributed by atoms with E-state index in [2.05, 4.69) is 5.32 Å². The van der Waals surface area contributed by atoms with Gasteiger partial charge in [0.2, 0.25) is 0 Å². The van der Waals surface area contributed by atoms with E-state index in [1.165, 1.54) is 0 Å². The first kappa shape index (κ1) is 16.4. The Hall–Kier alpha value is -2.11. The van der Waals surface area contributed by atoms with Crippen molar-refractivity contribution in [3.8, 4) is 5.75 Å². The molecule has 2 aliphatic heterocycles. The summed E-state index contributed by atoms with van der Waals surface area (Å²) in [5.41, 5.74) is 2.43. The molecule has 1 N–H and O–H groups in total. The van der Waals surface area contributed by atoms with Crippen LogP contribution < -0.4 is 10.1 Å². The molecule has 5 nitrogen and oxygen atoms in total. The quantitative estimate of drug-likeness (QED) is 0.732. The van der Waals surface area contributed by atoms with Crippen LogP contribution in [0.15, 0.2) is 36.4 Å². The summed E-state index contributed by atoms with van der Waals surface area (Å²) < 4.78 is 16.6. The van der Waals surface area contributed by atoms with Crippen molar-refractivity contribution in [2.24, 2.45) is 0 Å². The van der Waals surface area contributed by atoms with Gasteiger partial charge in [-0.1, -0.05) is 41.4 Å². The predicted octanol–water partition coefficient (Wildman–Crippen LogP) is 5.14. The maximum Gasteiger partial charge on any atom is 0.510 e. The molecule has 3 unspecified atom stereocenters. The van der Waals surface area contributed by atoms with E-state index in [9.17, 15) is 4.79 Å². The Balaban J connectivity index is 1.79. The van der Waals surface area contributed by atoms with Gasteiger partial charge >= 0.3 is 6.16 Å². The Morgan fingerprint density at radius 2 is 2.08 bits per heavy atom. The van der Waals surface area contributed by atoms with Crippen LogP contribution in [-0.2, 0) is 9.47 Å². The lowest BCUT2D eigenvalue weighted by Crippen LogP contribution is -2.39. The van der Waals surface area contributed by atoms with Crippen molar-refractivity contribution in [1.29, 1.82) is 0 Å². The zero-order valence-electron chi connectivity index (χ0n) is 13.3. The molecule has 0 saturated heterocycles. The first-order chi connectivity index (χ1) is 12.1. The van der Waals surface area contributed by atoms with Crippen LogP contribution in [0.4, 0.5) is 10.5 Å². The first-order valence-electron chi connectivity index (χ1n) is 7.93. The van der Waals surface area contributed by atoms with E-state index in [1.54, 1.807) is 19.1 Å². The Bertz CT molecular complexity index is 842. The maximum atomic E-state index is 11.9. The van der Waals surface area contributed by atoms with Gasteiger partial charge in [0.25, 0.3) is 0 Å². The van der Waals surface area contributed by atoms with Crippen LogP contribution in [0.25, 0.3) is 0 Å². The minimum absolute atomic E-state index is 0.237. The van der Waals surface area contributed by atoms with Gasteiger partial charge in [-0.15, -0.1) is 0 Å². The molecule has 3 atom stereocenters. The number of halogens is 2. The van der Waals surface area contributed by atoms with Gasteiger partial charge in [-0.2, -0.15) is 0 Å². The van der Waals surface area contributed by atoms with Crippen molar-refractivity contribution in [3.63, 3.8) is 0 Å². The summed E-state index contributed by atoms with van der Waals surface area (Å²) in [5, 5.41) is 4.20. The highest BCUT2D eigenvalue weighted by Crippen LogP contribution is 2.54. The van der Waals surface area contributed by atoms with Crippen LogP contribution >= 0.6 is 23.2 Å². The van der Waals surface area contributed by atoms with Gasteiger partial charge in [-0.25, -0.2) is 4.79 Å². The summed E-state index contributed by atoms with van der Waals surface area (Å²) in [5.74, 6) is 0.502. The normalized spacial score (nSPS) is 22.8. The topological polar surface area (TPSA) is 56.8 Å². The van der Waals surface area contributed by atoms with Crippen LogP contribution in [-0.4, -0.2) is 19.0 Å². The van der Waals surface area contributed by atoms with Crippen molar-refractivity contribution in [2.45, 2.75) is 25.2 Å². The molecule has 0 spiro atoms. The number of carbonyl (C=O) groups is 1. The monoisotopic (exact) mass is 379 g/mol. The van der Waals surface area contributed by atoms with E-state index in [0.29, 0.717) is 15.7 Å². The lowest BCUT2D eigenvalue weighted by atomic mass is 9.85. The number of hydrogen-bond donors (Lipinski definition) is 1. The Labute approximate surface area is 154 Å². The number of nitrogens with one attached hydrogen (secondary N) is 1. The van der Waals surface area contributed by atoms with Crippen LogP contribution in [0.1, 0.15) is 30.1 Å². The summed E-state index contributed by atoms with van der Waals surface area (Å²) in [7, 11) is 0. The minimum Gasteiger partial charge on any atom is -0.484 e. The third-order valence-electron chi connectivity index (χ3n) is 4.35. The number of anilines is 1. The third-order valence-corrected chi connectivity index (χ3v) is 4.88. The smallest absolute Gasteiger partial charge is 0.484 e. The number of ether oxygens (including phenoxy) is 3. The largest absolute Gasteiger partial charge is 0.510 e. The molecular weight excluding hydrogens is 365 g/mol. The number of para-hydroxylation sites is 1. The van der Waals surface area contributed by atoms with E-state index in [-0.39, 0.29) is 18.6 Å². The second-order valence-electron chi connectivity index (χ2n) is 5.82. The van der Waals surface area contributed by atoms with E-state index in [4.69, 9.17) is 37.4 Å². The molecule has 0 saturated carbocycles. The molecule has 0 amide bonds. The van der Waals surface area contributed by atoms with Crippen LogP contribution in [0.5, 0.6) is 5.75 Å². The van der Waals surface area contributed by atoms with Crippen LogP contribution in [0, 0.1) is 0 Å². The average molecular weight is 380 g/mol. The Morgan fingerprint density at radius 1 is 1.28 bits per heavy atom. The molecule has 130 valence electrons. The molecule has 2 aliphatic rings. The van der Waals surface area contributed by atoms with E-state index in [1.807, 2.05) is 24.3 Å². The molecule has 0 radical (unpaired) electrons. The van der Waals surface area contributed by atoms with Crippen molar-refractivity contribution in [3.05, 3.63) is 57.6 Å². The lowest BCUT2D eigenvalue weighted by molar-refractivity contribution is 0.0120. The van der Waals surface area contributed by atoms with Gasteiger partial charge in [0.05, 0.1) is 17.5 Å². The van der Waals surface area contributed by atoms with Crippen molar-refractivity contribution in [2.75, 3.05) is 11.9 Å². The van der Waals surface area contributed by atoms with E-state index >= 15 is 0 Å². The second kappa shape index (κ2) is 6.32. The van der Waals surface area contributed by atoms with Crippen molar-refractivity contribution in [1.82, 2.24) is 0 Å². The molecular formula is C18H15Cl2NO4. The minimum atomic E-state index is -0.736. The van der Waals surface area contributed by atoms with Gasteiger partial charge < -0.3 is 19.5 Å². The summed E-state index contributed by atoms with van der Waals surface area (Å²) in [6.45, 7) is 1.96. The maximum absolute atomic E-state index is 11.9. The zero-order chi connectivity index (χ0) is 17.6. The predicted molar refractivity (Wildman–Crippen MR) is 94.5 cm³/mol. The van der Waals surface area contributed by atoms with Crippen LogP contribution in [0.2, 0.25) is 10.0 Å². The number of carbonyl (C=O) groups excluding carboxylic acids is 1. The molecule has 2 heterocycles. The van der Waals surface area contributed by atoms with Gasteiger partial charge in [0.15, 0.2) is 6.23 Å². The summed E-state index contributed by atoms with van der Waals surface area (Å²) in [6.07, 6.45) is -1.77. The highest BCUT2D eigenvalue weighted by Gasteiger charge is 2.48. The number of fused-ring (bicyclic) bond motifs is 5. The molecule has 0 bridgehead atoms. The third kappa shape index (κ3) is 2.77. The molecule has 2 aromatic carbocycles. The van der Waals surface area contributed by atoms with Gasteiger partial charge in [-0.3, -0.25) is 0 Å². The van der Waals surface area contributed by atoms with Gasteiger partial charge in [-0.05, 0) is 25.1 Å². The van der Waals surface area contributed by atoms with Crippen molar-refractivity contribution < 1.29 is 19.0 Å². The highest BCUT2D eigenvalue weighted by molar-refractivity contribution is 6.35. The summed E-state index contributed by atoms with van der Waals surface area (Å²) in [4.78, 5) is 11.9. The highest BCUT2D eigenvalue weighted by atomic mass is 35.5. The molecule has 2 aromatic rings. The molecule has 4 rings (SSSR count). The molecule has 0 aromatic heterocycles. The standard InChI is InChI=1S/C18H15Cl2NO4/c1-2-23-18(22)25-17-14-10-5-3-4-6-13(10)24-16(14)15-11(20)7-9(19)8-12(15)21-17/h3-8,14,16-17,21H,2H2,1H3. The zero-order valence-corrected chi connectivity index (χ0v) is 14.8. The fraction of sp³-hybridized carbons (Fsp3) is 0.278. The average Bonchev–Trinajstić information content (AvgIpc) is 2.93. The van der Waals surface area contributed by atoms with Gasteiger partial charge in [0, 0.05) is 21.8 Å². The summed E-state index contributed by atoms with van der Waals surface area (Å²) >= 11 is 12.5. The lowest BCUT2D eigenvalue weighted by Gasteiger charge is -2.35. The first-order valence-corrected chi connectivity index (χ1v) is 8.68. The summed E-state index contributed by atoms with van der Waals surface area (Å²) in [6, 6.07) is 11.1. The van der Waals surface area contributed by atoms with Gasteiger partial charge in [0.1, 0.15) is 11.9 Å². The SMILES string of the molecule is CCOC(=O)OC1Nc2cc(Cl)cc(Cl)c2C2Oc3ccccc3C12. The Kier molecular flexibility index (Phi) is 4.13. The molecule has 0 fully saturated rings. The molecule has 7 heteroatoms. The number of benzene rings is 2.